The van der Waals surface area contributed by atoms with Crippen molar-refractivity contribution >= 4 is 49.9 Å². The Balaban J connectivity index is 2.19. The molecule has 0 unspecified atom stereocenters. The van der Waals surface area contributed by atoms with Crippen LogP contribution < -0.4 is 10.6 Å². The lowest BCUT2D eigenvalue weighted by atomic mass is 10.3. The van der Waals surface area contributed by atoms with E-state index in [1.165, 1.54) is 30.4 Å². The van der Waals surface area contributed by atoms with Gasteiger partial charge >= 0.3 is 0 Å². The number of halogens is 1. The van der Waals surface area contributed by atoms with Crippen LogP contribution in [0.2, 0.25) is 0 Å². The second kappa shape index (κ2) is 4.72. The van der Waals surface area contributed by atoms with Crippen LogP contribution in [-0.2, 0) is 4.79 Å². The highest BCUT2D eigenvalue weighted by molar-refractivity contribution is 7.80. The van der Waals surface area contributed by atoms with Crippen molar-refractivity contribution in [2.24, 2.45) is 0 Å². The Hall–Kier alpha value is -1.60. The van der Waals surface area contributed by atoms with Crippen LogP contribution in [0.3, 0.4) is 0 Å². The summed E-state index contributed by atoms with van der Waals surface area (Å²) in [7, 11) is 0. The Labute approximate surface area is 106 Å². The second-order valence-electron chi connectivity index (χ2n) is 3.27. The van der Waals surface area contributed by atoms with E-state index < -0.39 is 0 Å². The molecule has 0 atom stereocenters. The van der Waals surface area contributed by atoms with Gasteiger partial charge in [0.1, 0.15) is 5.82 Å². The van der Waals surface area contributed by atoms with Crippen LogP contribution in [0, 0.1) is 5.82 Å². The zero-order chi connectivity index (χ0) is 12.4. The van der Waals surface area contributed by atoms with Gasteiger partial charge in [-0.05, 0) is 30.4 Å². The molecular formula is C10H8FN3OS2. The summed E-state index contributed by atoms with van der Waals surface area (Å²) in [6.07, 6.45) is 0. The Kier molecular flexibility index (Phi) is 3.30. The average Bonchev–Trinajstić information content (AvgIpc) is 2.57. The first-order valence-electron chi connectivity index (χ1n) is 4.69. The molecule has 0 spiro atoms. The zero-order valence-electron chi connectivity index (χ0n) is 8.78. The lowest BCUT2D eigenvalue weighted by Crippen LogP contribution is -2.32. The largest absolute Gasteiger partial charge is 0.308 e. The summed E-state index contributed by atoms with van der Waals surface area (Å²) in [5.41, 5.74) is 0.685. The van der Waals surface area contributed by atoms with Crippen LogP contribution in [0.4, 0.5) is 9.52 Å². The molecule has 0 saturated heterocycles. The van der Waals surface area contributed by atoms with Crippen molar-refractivity contribution in [2.45, 2.75) is 6.92 Å². The van der Waals surface area contributed by atoms with Crippen LogP contribution >= 0.6 is 23.6 Å². The standard InChI is InChI=1S/C10H8FN3OS2/c1-5(15)12-9(16)14-10-13-7-3-2-6(11)4-8(7)17-10/h2-4H,1H3,(H2,12,13,14,15,16). The molecule has 2 rings (SSSR count). The third-order valence-corrected chi connectivity index (χ3v) is 3.00. The second-order valence-corrected chi connectivity index (χ2v) is 4.71. The van der Waals surface area contributed by atoms with E-state index in [1.54, 1.807) is 6.07 Å². The number of hydrogen-bond acceptors (Lipinski definition) is 4. The summed E-state index contributed by atoms with van der Waals surface area (Å²) in [6, 6.07) is 4.34. The predicted octanol–water partition coefficient (Wildman–Crippen LogP) is 2.27. The zero-order valence-corrected chi connectivity index (χ0v) is 10.4. The van der Waals surface area contributed by atoms with Gasteiger partial charge in [-0.3, -0.25) is 4.79 Å². The molecule has 0 aliphatic carbocycles. The number of hydrogen-bond donors (Lipinski definition) is 2. The average molecular weight is 269 g/mol. The lowest BCUT2D eigenvalue weighted by Gasteiger charge is -2.03. The molecule has 2 aromatic rings. The topological polar surface area (TPSA) is 54.0 Å². The Morgan fingerprint density at radius 1 is 1.53 bits per heavy atom. The van der Waals surface area contributed by atoms with Crippen molar-refractivity contribution in [2.75, 3.05) is 5.32 Å². The first kappa shape index (κ1) is 11.9. The van der Waals surface area contributed by atoms with E-state index in [1.807, 2.05) is 0 Å². The molecule has 1 aromatic carbocycles. The molecule has 0 fully saturated rings. The highest BCUT2D eigenvalue weighted by atomic mass is 32.1. The molecule has 0 aliphatic heterocycles. The van der Waals surface area contributed by atoms with Crippen LogP contribution in [0.25, 0.3) is 10.2 Å². The molecule has 0 bridgehead atoms. The first-order chi connectivity index (χ1) is 8.04. The fraction of sp³-hybridized carbons (Fsp3) is 0.100. The number of nitrogens with one attached hydrogen (secondary N) is 2. The number of benzene rings is 1. The van der Waals surface area contributed by atoms with Crippen molar-refractivity contribution in [3.8, 4) is 0 Å². The smallest absolute Gasteiger partial charge is 0.222 e. The minimum Gasteiger partial charge on any atom is -0.308 e. The monoisotopic (exact) mass is 269 g/mol. The van der Waals surface area contributed by atoms with E-state index in [4.69, 9.17) is 12.2 Å². The number of amides is 1. The van der Waals surface area contributed by atoms with Crippen molar-refractivity contribution in [3.05, 3.63) is 24.0 Å². The first-order valence-corrected chi connectivity index (χ1v) is 5.92. The number of aromatic nitrogens is 1. The van der Waals surface area contributed by atoms with Crippen molar-refractivity contribution in [3.63, 3.8) is 0 Å². The molecule has 0 radical (unpaired) electrons. The summed E-state index contributed by atoms with van der Waals surface area (Å²) in [5.74, 6) is -0.563. The molecule has 7 heteroatoms. The van der Waals surface area contributed by atoms with Gasteiger partial charge in [-0.25, -0.2) is 9.37 Å². The number of fused-ring (bicyclic) bond motifs is 1. The van der Waals surface area contributed by atoms with Crippen LogP contribution in [0.1, 0.15) is 6.92 Å². The van der Waals surface area contributed by atoms with Gasteiger partial charge in [-0.1, -0.05) is 11.3 Å². The van der Waals surface area contributed by atoms with Crippen LogP contribution in [-0.4, -0.2) is 16.0 Å². The lowest BCUT2D eigenvalue weighted by molar-refractivity contribution is -0.117. The van der Waals surface area contributed by atoms with Crippen molar-refractivity contribution in [1.82, 2.24) is 10.3 Å². The van der Waals surface area contributed by atoms with Gasteiger partial charge in [0, 0.05) is 6.92 Å². The molecule has 4 nitrogen and oxygen atoms in total. The van der Waals surface area contributed by atoms with E-state index in [9.17, 15) is 9.18 Å². The van der Waals surface area contributed by atoms with Crippen LogP contribution in [0.5, 0.6) is 0 Å². The molecule has 88 valence electrons. The molecule has 17 heavy (non-hydrogen) atoms. The number of rotatable bonds is 1. The van der Waals surface area contributed by atoms with Crippen LogP contribution in [0.15, 0.2) is 18.2 Å². The number of carbonyl (C=O) groups is 1. The third kappa shape index (κ3) is 2.95. The van der Waals surface area contributed by atoms with E-state index in [0.29, 0.717) is 10.6 Å². The van der Waals surface area contributed by atoms with E-state index in [-0.39, 0.29) is 16.8 Å². The summed E-state index contributed by atoms with van der Waals surface area (Å²) in [4.78, 5) is 15.0. The van der Waals surface area contributed by atoms with Gasteiger partial charge in [0.15, 0.2) is 10.2 Å². The third-order valence-electron chi connectivity index (χ3n) is 1.86. The molecule has 1 amide bonds. The maximum atomic E-state index is 13.0. The van der Waals surface area contributed by atoms with Gasteiger partial charge in [0.2, 0.25) is 5.91 Å². The van der Waals surface area contributed by atoms with E-state index >= 15 is 0 Å². The molecule has 2 N–H and O–H groups in total. The number of thiocarbonyl (C=S) groups is 1. The van der Waals surface area contributed by atoms with Gasteiger partial charge < -0.3 is 10.6 Å². The number of carbonyl (C=O) groups excluding carboxylic acids is 1. The summed E-state index contributed by atoms with van der Waals surface area (Å²) >= 11 is 6.16. The molecular weight excluding hydrogens is 261 g/mol. The SMILES string of the molecule is CC(=O)NC(=S)Nc1nc2ccc(F)cc2s1. The van der Waals surface area contributed by atoms with Crippen molar-refractivity contribution < 1.29 is 9.18 Å². The highest BCUT2D eigenvalue weighted by Gasteiger charge is 2.06. The Morgan fingerprint density at radius 2 is 2.29 bits per heavy atom. The maximum absolute atomic E-state index is 13.0. The van der Waals surface area contributed by atoms with Crippen molar-refractivity contribution in [1.29, 1.82) is 0 Å². The highest BCUT2D eigenvalue weighted by Crippen LogP contribution is 2.26. The van der Waals surface area contributed by atoms with Gasteiger partial charge in [-0.2, -0.15) is 0 Å². The Bertz CT molecular complexity index is 596. The predicted molar refractivity (Wildman–Crippen MR) is 69.6 cm³/mol. The number of thiazole rings is 1. The number of anilines is 1. The van der Waals surface area contributed by atoms with Gasteiger partial charge in [-0.15, -0.1) is 0 Å². The van der Waals surface area contributed by atoms with Gasteiger partial charge in [0.05, 0.1) is 10.2 Å². The normalized spacial score (nSPS) is 10.2. The molecule has 0 aliphatic rings. The number of nitrogens with zero attached hydrogens (tertiary/aromatic N) is 1. The quantitative estimate of drug-likeness (QED) is 0.780. The minimum absolute atomic E-state index is 0.178. The maximum Gasteiger partial charge on any atom is 0.222 e. The van der Waals surface area contributed by atoms with E-state index in [0.717, 1.165) is 4.70 Å². The molecule has 0 saturated carbocycles. The molecule has 1 heterocycles. The minimum atomic E-state index is -0.308. The van der Waals surface area contributed by atoms with Gasteiger partial charge in [0.25, 0.3) is 0 Å². The fourth-order valence-electron chi connectivity index (χ4n) is 1.24. The summed E-state index contributed by atoms with van der Waals surface area (Å²) in [5, 5.41) is 5.88. The summed E-state index contributed by atoms with van der Waals surface area (Å²) in [6.45, 7) is 1.36. The summed E-state index contributed by atoms with van der Waals surface area (Å²) < 4.78 is 13.7. The molecule has 1 aromatic heterocycles. The van der Waals surface area contributed by atoms with E-state index in [2.05, 4.69) is 15.6 Å². The Morgan fingerprint density at radius 3 is 3.00 bits per heavy atom. The fourth-order valence-corrected chi connectivity index (χ4v) is 2.44.